The summed E-state index contributed by atoms with van der Waals surface area (Å²) in [6, 6.07) is 10.6. The van der Waals surface area contributed by atoms with Crippen molar-refractivity contribution >= 4 is 0 Å². The summed E-state index contributed by atoms with van der Waals surface area (Å²) in [4.78, 5) is 4.02. The lowest BCUT2D eigenvalue weighted by Gasteiger charge is -2.18. The molecule has 0 aliphatic heterocycles. The Kier molecular flexibility index (Phi) is 4.27. The van der Waals surface area contributed by atoms with Gasteiger partial charge in [-0.1, -0.05) is 37.3 Å². The summed E-state index contributed by atoms with van der Waals surface area (Å²) in [5.74, 6) is 0. The van der Waals surface area contributed by atoms with Crippen LogP contribution in [0.5, 0.6) is 0 Å². The van der Waals surface area contributed by atoms with Crippen molar-refractivity contribution in [2.45, 2.75) is 19.4 Å². The van der Waals surface area contributed by atoms with Crippen molar-refractivity contribution in [2.24, 2.45) is 0 Å². The van der Waals surface area contributed by atoms with E-state index in [2.05, 4.69) is 46.6 Å². The fourth-order valence-corrected chi connectivity index (χ4v) is 1.83. The fraction of sp³-hybridized carbons (Fsp3) is 0.385. The average Bonchev–Trinajstić information content (AvgIpc) is 2.89. The topological polar surface area (TPSA) is 42.7 Å². The van der Waals surface area contributed by atoms with E-state index in [1.165, 1.54) is 5.56 Å². The normalized spacial score (nSPS) is 12.5. The highest BCUT2D eigenvalue weighted by molar-refractivity contribution is 5.19. The van der Waals surface area contributed by atoms with E-state index in [1.807, 2.05) is 10.7 Å². The Morgan fingerprint density at radius 3 is 2.76 bits per heavy atom. The average molecular weight is 230 g/mol. The zero-order valence-electron chi connectivity index (χ0n) is 10.1. The number of rotatable bonds is 6. The van der Waals surface area contributed by atoms with Crippen LogP contribution in [-0.2, 0) is 0 Å². The van der Waals surface area contributed by atoms with Gasteiger partial charge in [0.2, 0.25) is 0 Å². The van der Waals surface area contributed by atoms with E-state index in [-0.39, 0.29) is 6.04 Å². The molecule has 0 fully saturated rings. The maximum absolute atomic E-state index is 4.24. The molecule has 0 radical (unpaired) electrons. The van der Waals surface area contributed by atoms with Crippen LogP contribution in [-0.4, -0.2) is 27.9 Å². The van der Waals surface area contributed by atoms with Crippen molar-refractivity contribution in [2.75, 3.05) is 13.1 Å². The summed E-state index contributed by atoms with van der Waals surface area (Å²) >= 11 is 0. The first kappa shape index (κ1) is 11.8. The van der Waals surface area contributed by atoms with Crippen molar-refractivity contribution in [3.63, 3.8) is 0 Å². The lowest BCUT2D eigenvalue weighted by Crippen LogP contribution is -2.27. The van der Waals surface area contributed by atoms with Gasteiger partial charge in [-0.2, -0.15) is 5.10 Å². The van der Waals surface area contributed by atoms with Crippen LogP contribution >= 0.6 is 0 Å². The molecule has 2 rings (SSSR count). The van der Waals surface area contributed by atoms with E-state index < -0.39 is 0 Å². The van der Waals surface area contributed by atoms with Crippen molar-refractivity contribution in [3.05, 3.63) is 48.5 Å². The van der Waals surface area contributed by atoms with Gasteiger partial charge in [0.15, 0.2) is 0 Å². The van der Waals surface area contributed by atoms with Gasteiger partial charge >= 0.3 is 0 Å². The smallest absolute Gasteiger partial charge is 0.137 e. The van der Waals surface area contributed by atoms with Gasteiger partial charge in [-0.25, -0.2) is 9.67 Å². The maximum Gasteiger partial charge on any atom is 0.137 e. The Bertz CT molecular complexity index is 410. The van der Waals surface area contributed by atoms with E-state index in [9.17, 15) is 0 Å². The summed E-state index contributed by atoms with van der Waals surface area (Å²) in [5, 5.41) is 7.67. The Morgan fingerprint density at radius 1 is 1.29 bits per heavy atom. The Labute approximate surface area is 102 Å². The van der Waals surface area contributed by atoms with Crippen LogP contribution in [0.3, 0.4) is 0 Å². The molecule has 2 aromatic rings. The van der Waals surface area contributed by atoms with E-state index >= 15 is 0 Å². The highest BCUT2D eigenvalue weighted by Gasteiger charge is 2.13. The van der Waals surface area contributed by atoms with Crippen molar-refractivity contribution < 1.29 is 0 Å². The molecular weight excluding hydrogens is 212 g/mol. The predicted molar refractivity (Wildman–Crippen MR) is 67.8 cm³/mol. The highest BCUT2D eigenvalue weighted by atomic mass is 15.3. The van der Waals surface area contributed by atoms with Gasteiger partial charge < -0.3 is 5.32 Å². The molecule has 4 nitrogen and oxygen atoms in total. The van der Waals surface area contributed by atoms with E-state index in [1.54, 1.807) is 12.7 Å². The molecule has 1 N–H and O–H groups in total. The zero-order valence-corrected chi connectivity index (χ0v) is 10.1. The minimum Gasteiger partial charge on any atom is -0.314 e. The molecule has 90 valence electrons. The predicted octanol–water partition coefficient (Wildman–Crippen LogP) is 1.87. The van der Waals surface area contributed by atoms with E-state index in [4.69, 9.17) is 0 Å². The SMILES string of the molecule is CCCNCC(c1ccccc1)n1cncn1. The molecule has 0 spiro atoms. The fourth-order valence-electron chi connectivity index (χ4n) is 1.83. The molecule has 1 atom stereocenters. The molecule has 4 heteroatoms. The number of hydrogen-bond donors (Lipinski definition) is 1. The van der Waals surface area contributed by atoms with E-state index in [0.29, 0.717) is 0 Å². The zero-order chi connectivity index (χ0) is 11.9. The highest BCUT2D eigenvalue weighted by Crippen LogP contribution is 2.15. The first-order chi connectivity index (χ1) is 8.42. The van der Waals surface area contributed by atoms with Crippen LogP contribution in [0.1, 0.15) is 24.9 Å². The molecule has 0 amide bonds. The lowest BCUT2D eigenvalue weighted by molar-refractivity contribution is 0.479. The minimum atomic E-state index is 0.213. The third-order valence-corrected chi connectivity index (χ3v) is 2.70. The summed E-state index contributed by atoms with van der Waals surface area (Å²) in [6.07, 6.45) is 4.49. The second-order valence-corrected chi connectivity index (χ2v) is 4.01. The van der Waals surface area contributed by atoms with Gasteiger partial charge in [-0.15, -0.1) is 0 Å². The van der Waals surface area contributed by atoms with Crippen LogP contribution in [0, 0.1) is 0 Å². The second-order valence-electron chi connectivity index (χ2n) is 4.01. The first-order valence-corrected chi connectivity index (χ1v) is 6.01. The molecular formula is C13H18N4. The third kappa shape index (κ3) is 3.14. The van der Waals surface area contributed by atoms with Crippen molar-refractivity contribution in [1.82, 2.24) is 20.1 Å². The molecule has 0 saturated carbocycles. The van der Waals surface area contributed by atoms with Gasteiger partial charge in [0.1, 0.15) is 12.7 Å². The molecule has 0 saturated heterocycles. The molecule has 1 aromatic carbocycles. The number of nitrogens with zero attached hydrogens (tertiary/aromatic N) is 3. The van der Waals surface area contributed by atoms with Crippen LogP contribution in [0.15, 0.2) is 43.0 Å². The number of aromatic nitrogens is 3. The lowest BCUT2D eigenvalue weighted by atomic mass is 10.1. The quantitative estimate of drug-likeness (QED) is 0.770. The molecule has 0 aliphatic rings. The number of benzene rings is 1. The first-order valence-electron chi connectivity index (χ1n) is 6.01. The third-order valence-electron chi connectivity index (χ3n) is 2.70. The monoisotopic (exact) mass is 230 g/mol. The molecule has 1 aromatic heterocycles. The van der Waals surface area contributed by atoms with Crippen molar-refractivity contribution in [1.29, 1.82) is 0 Å². The summed E-state index contributed by atoms with van der Waals surface area (Å²) in [7, 11) is 0. The standard InChI is InChI=1S/C13H18N4/c1-2-8-14-9-13(17-11-15-10-16-17)12-6-4-3-5-7-12/h3-7,10-11,13-14H,2,8-9H2,1H3. The summed E-state index contributed by atoms with van der Waals surface area (Å²) in [5.41, 5.74) is 1.25. The van der Waals surface area contributed by atoms with Crippen LogP contribution in [0.2, 0.25) is 0 Å². The number of nitrogens with one attached hydrogen (secondary N) is 1. The van der Waals surface area contributed by atoms with Crippen LogP contribution in [0.4, 0.5) is 0 Å². The van der Waals surface area contributed by atoms with Crippen molar-refractivity contribution in [3.8, 4) is 0 Å². The van der Waals surface area contributed by atoms with Crippen LogP contribution < -0.4 is 5.32 Å². The largest absolute Gasteiger partial charge is 0.314 e. The molecule has 1 heterocycles. The summed E-state index contributed by atoms with van der Waals surface area (Å²) < 4.78 is 1.90. The van der Waals surface area contributed by atoms with Gasteiger partial charge in [0.25, 0.3) is 0 Å². The van der Waals surface area contributed by atoms with Gasteiger partial charge in [0.05, 0.1) is 6.04 Å². The van der Waals surface area contributed by atoms with Gasteiger partial charge in [-0.05, 0) is 18.5 Å². The van der Waals surface area contributed by atoms with Gasteiger partial charge in [-0.3, -0.25) is 0 Å². The minimum absolute atomic E-state index is 0.213. The van der Waals surface area contributed by atoms with E-state index in [0.717, 1.165) is 19.5 Å². The Morgan fingerprint density at radius 2 is 2.12 bits per heavy atom. The Balaban J connectivity index is 2.13. The summed E-state index contributed by atoms with van der Waals surface area (Å²) in [6.45, 7) is 4.07. The molecule has 17 heavy (non-hydrogen) atoms. The van der Waals surface area contributed by atoms with Crippen LogP contribution in [0.25, 0.3) is 0 Å². The van der Waals surface area contributed by atoms with Gasteiger partial charge in [0, 0.05) is 6.54 Å². The second kappa shape index (κ2) is 6.15. The maximum atomic E-state index is 4.24. The molecule has 1 unspecified atom stereocenters. The molecule has 0 bridgehead atoms. The number of hydrogen-bond acceptors (Lipinski definition) is 3. The Hall–Kier alpha value is -1.68. The molecule has 0 aliphatic carbocycles.